The standard InChI is InChI=1S/C12H14ClFN4O2S/c1-3-16-12-10(21(2,19)20)11(15)18(17-12)7-4-5-8(13)9(14)6-7/h4-6H,3,15H2,1-2H3,(H,16,17). The van der Waals surface area contributed by atoms with E-state index in [0.29, 0.717) is 6.54 Å². The van der Waals surface area contributed by atoms with Gasteiger partial charge in [-0.05, 0) is 19.1 Å². The molecule has 0 radical (unpaired) electrons. The number of nitrogens with one attached hydrogen (secondary N) is 1. The Morgan fingerprint density at radius 3 is 2.67 bits per heavy atom. The summed E-state index contributed by atoms with van der Waals surface area (Å²) in [5, 5.41) is 6.89. The first-order valence-corrected chi connectivity index (χ1v) is 8.30. The monoisotopic (exact) mass is 332 g/mol. The van der Waals surface area contributed by atoms with Crippen molar-refractivity contribution in [3.8, 4) is 5.69 Å². The third kappa shape index (κ3) is 2.96. The first-order valence-electron chi connectivity index (χ1n) is 6.03. The van der Waals surface area contributed by atoms with Crippen molar-refractivity contribution in [2.45, 2.75) is 11.8 Å². The van der Waals surface area contributed by atoms with Crippen molar-refractivity contribution in [2.24, 2.45) is 0 Å². The molecule has 1 aromatic heterocycles. The zero-order chi connectivity index (χ0) is 15.8. The number of anilines is 2. The number of benzene rings is 1. The molecule has 0 bridgehead atoms. The molecule has 1 aromatic carbocycles. The Labute approximate surface area is 126 Å². The summed E-state index contributed by atoms with van der Waals surface area (Å²) in [6, 6.07) is 3.98. The lowest BCUT2D eigenvalue weighted by Gasteiger charge is -2.05. The highest BCUT2D eigenvalue weighted by Gasteiger charge is 2.24. The van der Waals surface area contributed by atoms with Crippen LogP contribution >= 0.6 is 11.6 Å². The first-order chi connectivity index (χ1) is 9.75. The molecule has 1 heterocycles. The van der Waals surface area contributed by atoms with Crippen molar-refractivity contribution in [2.75, 3.05) is 23.9 Å². The predicted octanol–water partition coefficient (Wildman–Crippen LogP) is 2.08. The number of nitrogens with zero attached hydrogens (tertiary/aromatic N) is 2. The van der Waals surface area contributed by atoms with E-state index >= 15 is 0 Å². The van der Waals surface area contributed by atoms with Gasteiger partial charge in [-0.25, -0.2) is 17.5 Å². The Kier molecular flexibility index (Phi) is 4.11. The molecule has 0 aliphatic rings. The fourth-order valence-electron chi connectivity index (χ4n) is 1.88. The van der Waals surface area contributed by atoms with E-state index in [1.165, 1.54) is 12.1 Å². The second-order valence-corrected chi connectivity index (χ2v) is 6.74. The molecule has 0 aliphatic heterocycles. The maximum absolute atomic E-state index is 13.5. The molecule has 0 atom stereocenters. The maximum atomic E-state index is 13.5. The van der Waals surface area contributed by atoms with Gasteiger partial charge >= 0.3 is 0 Å². The molecule has 21 heavy (non-hydrogen) atoms. The van der Waals surface area contributed by atoms with Crippen LogP contribution in [0.2, 0.25) is 5.02 Å². The molecule has 3 N–H and O–H groups in total. The van der Waals surface area contributed by atoms with Gasteiger partial charge < -0.3 is 11.1 Å². The van der Waals surface area contributed by atoms with Gasteiger partial charge in [0.2, 0.25) is 0 Å². The molecule has 0 fully saturated rings. The maximum Gasteiger partial charge on any atom is 0.182 e. The molecular formula is C12H14ClFN4O2S. The number of hydrogen-bond acceptors (Lipinski definition) is 5. The molecule has 6 nitrogen and oxygen atoms in total. The number of sulfone groups is 1. The second-order valence-electron chi connectivity index (χ2n) is 4.38. The lowest BCUT2D eigenvalue weighted by molar-refractivity contribution is 0.602. The van der Waals surface area contributed by atoms with Crippen molar-refractivity contribution in [3.63, 3.8) is 0 Å². The van der Waals surface area contributed by atoms with Crippen molar-refractivity contribution >= 4 is 33.1 Å². The van der Waals surface area contributed by atoms with E-state index in [-0.39, 0.29) is 27.2 Å². The Bertz CT molecular complexity index is 789. The van der Waals surface area contributed by atoms with Crippen molar-refractivity contribution in [1.29, 1.82) is 0 Å². The number of aromatic nitrogens is 2. The molecule has 0 aliphatic carbocycles. The third-order valence-electron chi connectivity index (χ3n) is 2.74. The van der Waals surface area contributed by atoms with E-state index < -0.39 is 15.7 Å². The normalized spacial score (nSPS) is 11.6. The summed E-state index contributed by atoms with van der Waals surface area (Å²) in [6.07, 6.45) is 1.04. The Morgan fingerprint density at radius 1 is 1.48 bits per heavy atom. The lowest BCUT2D eigenvalue weighted by atomic mass is 10.3. The number of rotatable bonds is 4. The van der Waals surface area contributed by atoms with Gasteiger partial charge in [0.05, 0.1) is 10.7 Å². The van der Waals surface area contributed by atoms with Gasteiger partial charge in [-0.15, -0.1) is 5.10 Å². The molecule has 0 saturated carbocycles. The van der Waals surface area contributed by atoms with Crippen LogP contribution in [0.25, 0.3) is 5.69 Å². The average molecular weight is 333 g/mol. The van der Waals surface area contributed by atoms with Gasteiger partial charge in [0.15, 0.2) is 20.6 Å². The predicted molar refractivity (Wildman–Crippen MR) is 80.2 cm³/mol. The van der Waals surface area contributed by atoms with Gasteiger partial charge in [-0.2, -0.15) is 0 Å². The van der Waals surface area contributed by atoms with Gasteiger partial charge in [-0.1, -0.05) is 11.6 Å². The highest BCUT2D eigenvalue weighted by molar-refractivity contribution is 7.91. The smallest absolute Gasteiger partial charge is 0.182 e. The number of hydrogen-bond donors (Lipinski definition) is 2. The highest BCUT2D eigenvalue weighted by atomic mass is 35.5. The summed E-state index contributed by atoms with van der Waals surface area (Å²) in [6.45, 7) is 2.26. The summed E-state index contributed by atoms with van der Waals surface area (Å²) < 4.78 is 38.4. The second kappa shape index (κ2) is 5.53. The molecule has 9 heteroatoms. The molecular weight excluding hydrogens is 319 g/mol. The summed E-state index contributed by atoms with van der Waals surface area (Å²) in [4.78, 5) is -0.111. The average Bonchev–Trinajstić information content (AvgIpc) is 2.70. The quantitative estimate of drug-likeness (QED) is 0.894. The molecule has 2 rings (SSSR count). The number of nitrogen functional groups attached to an aromatic ring is 1. The van der Waals surface area contributed by atoms with Crippen molar-refractivity contribution < 1.29 is 12.8 Å². The molecule has 0 spiro atoms. The van der Waals surface area contributed by atoms with Crippen LogP contribution < -0.4 is 11.1 Å². The van der Waals surface area contributed by atoms with Gasteiger partial charge in [-0.3, -0.25) is 0 Å². The van der Waals surface area contributed by atoms with Crippen LogP contribution in [0.1, 0.15) is 6.92 Å². The first kappa shape index (κ1) is 15.6. The fraction of sp³-hybridized carbons (Fsp3) is 0.250. The summed E-state index contributed by atoms with van der Waals surface area (Å²) in [7, 11) is -3.58. The topological polar surface area (TPSA) is 90.0 Å². The molecule has 2 aromatic rings. The van der Waals surface area contributed by atoms with Crippen LogP contribution in [0.3, 0.4) is 0 Å². The number of halogens is 2. The Balaban J connectivity index is 2.68. The minimum absolute atomic E-state index is 0.0419. The summed E-state index contributed by atoms with van der Waals surface area (Å²) in [5.74, 6) is -0.599. The molecule has 114 valence electrons. The van der Waals surface area contributed by atoms with E-state index in [9.17, 15) is 12.8 Å². The van der Waals surface area contributed by atoms with Gasteiger partial charge in [0, 0.05) is 18.9 Å². The summed E-state index contributed by atoms with van der Waals surface area (Å²) in [5.41, 5.74) is 6.15. The zero-order valence-electron chi connectivity index (χ0n) is 11.4. The lowest BCUT2D eigenvalue weighted by Crippen LogP contribution is -2.06. The SMILES string of the molecule is CCNc1nn(-c2ccc(Cl)c(F)c2)c(N)c1S(C)(=O)=O. The summed E-state index contributed by atoms with van der Waals surface area (Å²) >= 11 is 5.62. The zero-order valence-corrected chi connectivity index (χ0v) is 13.0. The van der Waals surface area contributed by atoms with Gasteiger partial charge in [0.25, 0.3) is 0 Å². The Hall–Kier alpha value is -1.80. The minimum atomic E-state index is -3.58. The minimum Gasteiger partial charge on any atom is -0.382 e. The molecule has 0 unspecified atom stereocenters. The van der Waals surface area contributed by atoms with E-state index in [1.54, 1.807) is 6.92 Å². The number of nitrogens with two attached hydrogens (primary N) is 1. The van der Waals surface area contributed by atoms with E-state index in [2.05, 4.69) is 10.4 Å². The van der Waals surface area contributed by atoms with Gasteiger partial charge in [0.1, 0.15) is 11.6 Å². The van der Waals surface area contributed by atoms with E-state index in [1.807, 2.05) is 0 Å². The van der Waals surface area contributed by atoms with Crippen LogP contribution in [0.4, 0.5) is 16.0 Å². The van der Waals surface area contributed by atoms with Crippen molar-refractivity contribution in [1.82, 2.24) is 9.78 Å². The highest BCUT2D eigenvalue weighted by Crippen LogP contribution is 2.30. The fourth-order valence-corrected chi connectivity index (χ4v) is 2.93. The van der Waals surface area contributed by atoms with Crippen molar-refractivity contribution in [3.05, 3.63) is 29.0 Å². The van der Waals surface area contributed by atoms with E-state index in [0.717, 1.165) is 17.0 Å². The molecule has 0 saturated heterocycles. The van der Waals surface area contributed by atoms with Crippen LogP contribution in [-0.4, -0.2) is 31.0 Å². The largest absolute Gasteiger partial charge is 0.382 e. The third-order valence-corrected chi connectivity index (χ3v) is 4.19. The van der Waals surface area contributed by atoms with Crippen LogP contribution in [-0.2, 0) is 9.84 Å². The Morgan fingerprint density at radius 2 is 2.14 bits per heavy atom. The molecule has 0 amide bonds. The van der Waals surface area contributed by atoms with Crippen LogP contribution in [0, 0.1) is 5.82 Å². The van der Waals surface area contributed by atoms with Crippen LogP contribution in [0.15, 0.2) is 23.1 Å². The van der Waals surface area contributed by atoms with E-state index in [4.69, 9.17) is 17.3 Å². The van der Waals surface area contributed by atoms with Crippen LogP contribution in [0.5, 0.6) is 0 Å².